The van der Waals surface area contributed by atoms with Gasteiger partial charge in [0.05, 0.1) is 11.7 Å². The molecule has 20 heavy (non-hydrogen) atoms. The van der Waals surface area contributed by atoms with Gasteiger partial charge in [-0.3, -0.25) is 0 Å². The first-order valence-corrected chi connectivity index (χ1v) is 7.11. The average molecular weight is 298 g/mol. The summed E-state index contributed by atoms with van der Waals surface area (Å²) in [6.45, 7) is 1.28. The van der Waals surface area contributed by atoms with Crippen LogP contribution in [0.15, 0.2) is 29.6 Å². The lowest BCUT2D eigenvalue weighted by atomic mass is 10.1. The molecule has 1 aromatic heterocycles. The summed E-state index contributed by atoms with van der Waals surface area (Å²) >= 11 is 1.51. The number of benzene rings is 1. The third kappa shape index (κ3) is 3.52. The molecule has 1 unspecified atom stereocenters. The summed E-state index contributed by atoms with van der Waals surface area (Å²) in [4.78, 5) is 4.50. The molecule has 1 atom stereocenters. The number of rotatable bonds is 5. The molecule has 108 valence electrons. The lowest BCUT2D eigenvalue weighted by Gasteiger charge is -2.11. The van der Waals surface area contributed by atoms with Crippen molar-refractivity contribution in [3.63, 3.8) is 0 Å². The lowest BCUT2D eigenvalue weighted by Crippen LogP contribution is -2.16. The molecule has 6 heteroatoms. The predicted molar refractivity (Wildman–Crippen MR) is 75.9 cm³/mol. The molecule has 0 saturated heterocycles. The molecule has 0 aliphatic heterocycles. The van der Waals surface area contributed by atoms with Crippen molar-refractivity contribution in [2.45, 2.75) is 26.5 Å². The maximum atomic E-state index is 12.1. The van der Waals surface area contributed by atoms with Crippen molar-refractivity contribution in [1.82, 2.24) is 4.98 Å². The fourth-order valence-electron chi connectivity index (χ4n) is 1.67. The third-order valence-corrected chi connectivity index (χ3v) is 3.85. The van der Waals surface area contributed by atoms with E-state index >= 15 is 0 Å². The molecular weight excluding hydrogens is 282 g/mol. The van der Waals surface area contributed by atoms with Gasteiger partial charge in [0.25, 0.3) is 0 Å². The Balaban J connectivity index is 2.16. The normalized spacial score (nSPS) is 12.9. The van der Waals surface area contributed by atoms with Crippen LogP contribution in [-0.2, 0) is 0 Å². The van der Waals surface area contributed by atoms with E-state index in [0.717, 1.165) is 16.3 Å². The molecule has 2 aromatic rings. The van der Waals surface area contributed by atoms with E-state index in [9.17, 15) is 8.78 Å². The predicted octanol–water partition coefficient (Wildman–Crippen LogP) is 4.07. The van der Waals surface area contributed by atoms with E-state index in [1.165, 1.54) is 23.5 Å². The van der Waals surface area contributed by atoms with E-state index in [0.29, 0.717) is 5.92 Å². The fourth-order valence-corrected chi connectivity index (χ4v) is 2.67. The Morgan fingerprint density at radius 3 is 2.40 bits per heavy atom. The second-order valence-corrected chi connectivity index (χ2v) is 5.63. The Kier molecular flexibility index (Phi) is 4.67. The minimum absolute atomic E-state index is 0.0878. The minimum atomic E-state index is -2.81. The Morgan fingerprint density at radius 1 is 1.20 bits per heavy atom. The van der Waals surface area contributed by atoms with Crippen LogP contribution in [0.4, 0.5) is 8.78 Å². The van der Waals surface area contributed by atoms with Gasteiger partial charge in [-0.15, -0.1) is 11.3 Å². The molecule has 0 aliphatic carbocycles. The first kappa shape index (κ1) is 14.9. The Hall–Kier alpha value is -1.53. The summed E-state index contributed by atoms with van der Waals surface area (Å²) < 4.78 is 28.4. The summed E-state index contributed by atoms with van der Waals surface area (Å²) in [7, 11) is 0. The van der Waals surface area contributed by atoms with Crippen LogP contribution in [0.2, 0.25) is 0 Å². The van der Waals surface area contributed by atoms with E-state index < -0.39 is 6.61 Å². The lowest BCUT2D eigenvalue weighted by molar-refractivity contribution is -0.0498. The smallest absolute Gasteiger partial charge is 0.387 e. The van der Waals surface area contributed by atoms with E-state index in [4.69, 9.17) is 5.73 Å². The summed E-state index contributed by atoms with van der Waals surface area (Å²) in [6.07, 6.45) is 0. The molecule has 0 saturated carbocycles. The highest BCUT2D eigenvalue weighted by Gasteiger charge is 2.15. The Morgan fingerprint density at radius 2 is 1.85 bits per heavy atom. The number of nitrogens with two attached hydrogens (primary N) is 1. The van der Waals surface area contributed by atoms with E-state index in [-0.39, 0.29) is 11.8 Å². The highest BCUT2D eigenvalue weighted by Crippen LogP contribution is 2.28. The monoisotopic (exact) mass is 298 g/mol. The van der Waals surface area contributed by atoms with Crippen molar-refractivity contribution < 1.29 is 13.5 Å². The van der Waals surface area contributed by atoms with E-state index in [1.54, 1.807) is 12.1 Å². The van der Waals surface area contributed by atoms with Crippen molar-refractivity contribution in [2.75, 3.05) is 0 Å². The number of aromatic nitrogens is 1. The summed E-state index contributed by atoms with van der Waals surface area (Å²) in [5, 5.41) is 2.79. The first-order chi connectivity index (χ1) is 9.47. The van der Waals surface area contributed by atoms with Gasteiger partial charge in [0.1, 0.15) is 10.8 Å². The van der Waals surface area contributed by atoms with Crippen molar-refractivity contribution in [1.29, 1.82) is 0 Å². The molecule has 2 rings (SSSR count). The van der Waals surface area contributed by atoms with Crippen molar-refractivity contribution >= 4 is 11.3 Å². The maximum Gasteiger partial charge on any atom is 0.387 e. The highest BCUT2D eigenvalue weighted by atomic mass is 32.1. The summed E-state index contributed by atoms with van der Waals surface area (Å²) in [6, 6.07) is 6.33. The first-order valence-electron chi connectivity index (χ1n) is 6.23. The van der Waals surface area contributed by atoms with Crippen LogP contribution >= 0.6 is 11.3 Å². The van der Waals surface area contributed by atoms with Crippen LogP contribution in [-0.4, -0.2) is 11.6 Å². The Labute approximate surface area is 120 Å². The molecular formula is C14H16F2N2OS. The van der Waals surface area contributed by atoms with Gasteiger partial charge in [0.15, 0.2) is 0 Å². The number of nitrogens with zero attached hydrogens (tertiary/aromatic N) is 1. The van der Waals surface area contributed by atoms with Gasteiger partial charge in [0, 0.05) is 10.9 Å². The van der Waals surface area contributed by atoms with Crippen LogP contribution in [0.5, 0.6) is 5.75 Å². The second kappa shape index (κ2) is 6.28. The third-order valence-electron chi connectivity index (χ3n) is 2.90. The average Bonchev–Trinajstić information content (AvgIpc) is 2.87. The number of ether oxygens (including phenoxy) is 1. The number of hydrogen-bond acceptors (Lipinski definition) is 4. The van der Waals surface area contributed by atoms with E-state index in [2.05, 4.69) is 9.72 Å². The zero-order valence-corrected chi connectivity index (χ0v) is 12.0. The van der Waals surface area contributed by atoms with Crippen LogP contribution in [0.25, 0.3) is 11.3 Å². The molecule has 0 spiro atoms. The summed E-state index contributed by atoms with van der Waals surface area (Å²) in [5.74, 6) is 0.453. The van der Waals surface area contributed by atoms with Gasteiger partial charge in [-0.05, 0) is 30.2 Å². The molecule has 0 aliphatic rings. The number of thiazole rings is 1. The van der Waals surface area contributed by atoms with Gasteiger partial charge in [-0.1, -0.05) is 13.8 Å². The molecule has 3 nitrogen and oxygen atoms in total. The molecule has 1 heterocycles. The topological polar surface area (TPSA) is 48.1 Å². The fraction of sp³-hybridized carbons (Fsp3) is 0.357. The second-order valence-electron chi connectivity index (χ2n) is 4.74. The van der Waals surface area contributed by atoms with Crippen molar-refractivity contribution in [2.24, 2.45) is 11.7 Å². The van der Waals surface area contributed by atoms with Crippen LogP contribution in [0.3, 0.4) is 0 Å². The minimum Gasteiger partial charge on any atom is -0.435 e. The molecule has 2 N–H and O–H groups in total. The maximum absolute atomic E-state index is 12.1. The van der Waals surface area contributed by atoms with E-state index in [1.807, 2.05) is 19.2 Å². The molecule has 0 bridgehead atoms. The summed E-state index contributed by atoms with van der Waals surface area (Å²) in [5.41, 5.74) is 7.70. The van der Waals surface area contributed by atoms with Crippen LogP contribution < -0.4 is 10.5 Å². The van der Waals surface area contributed by atoms with Gasteiger partial charge in [-0.2, -0.15) is 8.78 Å². The Bertz CT molecular complexity index is 555. The quantitative estimate of drug-likeness (QED) is 0.905. The standard InChI is InChI=1S/C14H16F2N2OS/c1-8(2)12(17)13-18-11(7-20-13)9-3-5-10(6-4-9)19-14(15)16/h3-8,12,14H,17H2,1-2H3. The van der Waals surface area contributed by atoms with Gasteiger partial charge >= 0.3 is 6.61 Å². The zero-order valence-electron chi connectivity index (χ0n) is 11.2. The molecule has 0 radical (unpaired) electrons. The molecule has 0 amide bonds. The van der Waals surface area contributed by atoms with Gasteiger partial charge in [0.2, 0.25) is 0 Å². The molecule has 1 aromatic carbocycles. The van der Waals surface area contributed by atoms with Crippen LogP contribution in [0.1, 0.15) is 24.9 Å². The van der Waals surface area contributed by atoms with Gasteiger partial charge < -0.3 is 10.5 Å². The van der Waals surface area contributed by atoms with Gasteiger partial charge in [-0.25, -0.2) is 4.98 Å². The number of hydrogen-bond donors (Lipinski definition) is 1. The van der Waals surface area contributed by atoms with Crippen molar-refractivity contribution in [3.05, 3.63) is 34.7 Å². The number of halogens is 2. The zero-order chi connectivity index (χ0) is 14.7. The SMILES string of the molecule is CC(C)C(N)c1nc(-c2ccc(OC(F)F)cc2)cs1. The van der Waals surface area contributed by atoms with Crippen LogP contribution in [0, 0.1) is 5.92 Å². The largest absolute Gasteiger partial charge is 0.435 e. The van der Waals surface area contributed by atoms with Crippen molar-refractivity contribution in [3.8, 4) is 17.0 Å². The molecule has 0 fully saturated rings. The highest BCUT2D eigenvalue weighted by molar-refractivity contribution is 7.10. The number of alkyl halides is 2.